The predicted molar refractivity (Wildman–Crippen MR) is 72.3 cm³/mol. The molecule has 1 rings (SSSR count). The van der Waals surface area contributed by atoms with Crippen LogP contribution in [0.15, 0.2) is 24.5 Å². The van der Waals surface area contributed by atoms with E-state index in [1.54, 1.807) is 13.3 Å². The predicted octanol–water partition coefficient (Wildman–Crippen LogP) is 1.77. The van der Waals surface area contributed by atoms with Gasteiger partial charge >= 0.3 is 0 Å². The lowest BCUT2D eigenvalue weighted by Crippen LogP contribution is -2.37. The maximum atomic E-state index is 9.54. The number of nitrogens with zero attached hydrogens (tertiary/aromatic N) is 1. The zero-order chi connectivity index (χ0) is 13.4. The van der Waals surface area contributed by atoms with Gasteiger partial charge in [0.05, 0.1) is 0 Å². The lowest BCUT2D eigenvalue weighted by Gasteiger charge is -2.33. The third-order valence-corrected chi connectivity index (χ3v) is 3.08. The quantitative estimate of drug-likeness (QED) is 0.692. The molecule has 0 saturated heterocycles. The number of methoxy groups -OCH3 is 1. The summed E-state index contributed by atoms with van der Waals surface area (Å²) in [5, 5.41) is 13.0. The van der Waals surface area contributed by atoms with E-state index in [0.29, 0.717) is 0 Å². The molecule has 1 atom stereocenters. The second-order valence-corrected chi connectivity index (χ2v) is 5.17. The average Bonchev–Trinajstić information content (AvgIpc) is 2.39. The molecule has 2 N–H and O–H groups in total. The molecule has 0 fully saturated rings. The molecule has 1 unspecified atom stereocenters. The van der Waals surface area contributed by atoms with Crippen molar-refractivity contribution in [2.75, 3.05) is 26.9 Å². The summed E-state index contributed by atoms with van der Waals surface area (Å²) in [5.74, 6) is 0. The van der Waals surface area contributed by atoms with Crippen molar-refractivity contribution in [1.82, 2.24) is 10.3 Å². The summed E-state index contributed by atoms with van der Waals surface area (Å²) < 4.78 is 5.04. The van der Waals surface area contributed by atoms with Gasteiger partial charge in [0.1, 0.15) is 0 Å². The van der Waals surface area contributed by atoms with Gasteiger partial charge < -0.3 is 15.2 Å². The number of aliphatic hydroxyl groups is 1. The van der Waals surface area contributed by atoms with Crippen LogP contribution in [0.2, 0.25) is 0 Å². The van der Waals surface area contributed by atoms with Gasteiger partial charge in [0.2, 0.25) is 0 Å². The molecule has 0 radical (unpaired) electrons. The average molecular weight is 252 g/mol. The Kier molecular flexibility index (Phi) is 6.25. The van der Waals surface area contributed by atoms with Crippen LogP contribution in [0.4, 0.5) is 0 Å². The smallest absolute Gasteiger partial charge is 0.0500 e. The van der Waals surface area contributed by atoms with Crippen LogP contribution < -0.4 is 5.32 Å². The summed E-state index contributed by atoms with van der Waals surface area (Å²) in [6.07, 6.45) is 4.57. The number of hydrogen-bond donors (Lipinski definition) is 2. The molecule has 0 bridgehead atoms. The lowest BCUT2D eigenvalue weighted by molar-refractivity contribution is 0.113. The SMILES string of the molecule is COCCCNC(c1cccnc1)C(C)(C)CO. The first kappa shape index (κ1) is 15.1. The maximum absolute atomic E-state index is 9.54. The van der Waals surface area contributed by atoms with Crippen molar-refractivity contribution in [2.45, 2.75) is 26.3 Å². The molecule has 102 valence electrons. The topological polar surface area (TPSA) is 54.4 Å². The van der Waals surface area contributed by atoms with Crippen molar-refractivity contribution in [1.29, 1.82) is 0 Å². The summed E-state index contributed by atoms with van der Waals surface area (Å²) in [6.45, 7) is 5.83. The molecule has 0 aromatic carbocycles. The van der Waals surface area contributed by atoms with Gasteiger partial charge in [-0.15, -0.1) is 0 Å². The highest BCUT2D eigenvalue weighted by atomic mass is 16.5. The number of rotatable bonds is 8. The Morgan fingerprint density at radius 1 is 1.50 bits per heavy atom. The first-order chi connectivity index (χ1) is 8.61. The zero-order valence-electron chi connectivity index (χ0n) is 11.5. The van der Waals surface area contributed by atoms with Gasteiger partial charge in [-0.3, -0.25) is 4.98 Å². The van der Waals surface area contributed by atoms with Crippen molar-refractivity contribution in [2.24, 2.45) is 5.41 Å². The molecule has 4 heteroatoms. The standard InChI is InChI=1S/C14H24N2O2/c1-14(2,11-17)13(16-8-5-9-18-3)12-6-4-7-15-10-12/h4,6-7,10,13,16-17H,5,8-9,11H2,1-3H3. The van der Waals surface area contributed by atoms with Gasteiger partial charge in [-0.25, -0.2) is 0 Å². The molecular weight excluding hydrogens is 228 g/mol. The van der Waals surface area contributed by atoms with E-state index in [4.69, 9.17) is 4.74 Å². The van der Waals surface area contributed by atoms with Gasteiger partial charge in [0.25, 0.3) is 0 Å². The molecule has 0 aliphatic heterocycles. The van der Waals surface area contributed by atoms with Crippen LogP contribution in [0.3, 0.4) is 0 Å². The Balaban J connectivity index is 2.70. The Hall–Kier alpha value is -0.970. The van der Waals surface area contributed by atoms with E-state index in [2.05, 4.69) is 10.3 Å². The van der Waals surface area contributed by atoms with Crippen molar-refractivity contribution in [3.05, 3.63) is 30.1 Å². The fourth-order valence-electron chi connectivity index (χ4n) is 1.95. The van der Waals surface area contributed by atoms with Gasteiger partial charge in [-0.2, -0.15) is 0 Å². The molecule has 18 heavy (non-hydrogen) atoms. The molecule has 4 nitrogen and oxygen atoms in total. The number of ether oxygens (including phenoxy) is 1. The summed E-state index contributed by atoms with van der Waals surface area (Å²) in [6, 6.07) is 4.05. The minimum Gasteiger partial charge on any atom is -0.396 e. The second kappa shape index (κ2) is 7.46. The Morgan fingerprint density at radius 3 is 2.83 bits per heavy atom. The summed E-state index contributed by atoms with van der Waals surface area (Å²) in [7, 11) is 1.70. The van der Waals surface area contributed by atoms with Crippen molar-refractivity contribution < 1.29 is 9.84 Å². The fourth-order valence-corrected chi connectivity index (χ4v) is 1.95. The highest BCUT2D eigenvalue weighted by molar-refractivity contribution is 5.16. The highest BCUT2D eigenvalue weighted by Crippen LogP contribution is 2.32. The van der Waals surface area contributed by atoms with E-state index in [9.17, 15) is 5.11 Å². The largest absolute Gasteiger partial charge is 0.396 e. The van der Waals surface area contributed by atoms with Crippen molar-refractivity contribution >= 4 is 0 Å². The van der Waals surface area contributed by atoms with Gasteiger partial charge in [-0.1, -0.05) is 19.9 Å². The molecule has 0 aliphatic carbocycles. The van der Waals surface area contributed by atoms with E-state index in [1.807, 2.05) is 32.2 Å². The number of nitrogens with one attached hydrogen (secondary N) is 1. The van der Waals surface area contributed by atoms with Crippen LogP contribution >= 0.6 is 0 Å². The van der Waals surface area contributed by atoms with Gasteiger partial charge in [0.15, 0.2) is 0 Å². The van der Waals surface area contributed by atoms with Gasteiger partial charge in [-0.05, 0) is 24.6 Å². The Labute approximate surface area is 109 Å². The van der Waals surface area contributed by atoms with Crippen LogP contribution in [0, 0.1) is 5.41 Å². The molecule has 1 aromatic heterocycles. The summed E-state index contributed by atoms with van der Waals surface area (Å²) in [4.78, 5) is 4.15. The molecule has 1 heterocycles. The minimum atomic E-state index is -0.226. The van der Waals surface area contributed by atoms with Crippen molar-refractivity contribution in [3.8, 4) is 0 Å². The van der Waals surface area contributed by atoms with Crippen LogP contribution in [0.25, 0.3) is 0 Å². The van der Waals surface area contributed by atoms with Gasteiger partial charge in [0, 0.05) is 44.2 Å². The molecule has 0 amide bonds. The van der Waals surface area contributed by atoms with E-state index < -0.39 is 0 Å². The fraction of sp³-hybridized carbons (Fsp3) is 0.643. The number of aliphatic hydroxyl groups excluding tert-OH is 1. The first-order valence-corrected chi connectivity index (χ1v) is 6.35. The monoisotopic (exact) mass is 252 g/mol. The molecule has 0 spiro atoms. The molecule has 1 aromatic rings. The van der Waals surface area contributed by atoms with E-state index in [0.717, 1.165) is 25.1 Å². The molecular formula is C14H24N2O2. The Morgan fingerprint density at radius 2 is 2.28 bits per heavy atom. The zero-order valence-corrected chi connectivity index (χ0v) is 11.5. The molecule has 0 saturated carbocycles. The first-order valence-electron chi connectivity index (χ1n) is 6.35. The number of aromatic nitrogens is 1. The summed E-state index contributed by atoms with van der Waals surface area (Å²) in [5.41, 5.74) is 0.879. The summed E-state index contributed by atoms with van der Waals surface area (Å²) >= 11 is 0. The lowest BCUT2D eigenvalue weighted by atomic mass is 9.81. The van der Waals surface area contributed by atoms with Crippen molar-refractivity contribution in [3.63, 3.8) is 0 Å². The normalized spacial score (nSPS) is 13.6. The van der Waals surface area contributed by atoms with E-state index in [1.165, 1.54) is 0 Å². The molecule has 0 aliphatic rings. The van der Waals surface area contributed by atoms with E-state index >= 15 is 0 Å². The third-order valence-electron chi connectivity index (χ3n) is 3.08. The van der Waals surface area contributed by atoms with Crippen LogP contribution in [0.5, 0.6) is 0 Å². The van der Waals surface area contributed by atoms with Crippen LogP contribution in [-0.4, -0.2) is 37.0 Å². The highest BCUT2D eigenvalue weighted by Gasteiger charge is 2.29. The number of pyridine rings is 1. The number of hydrogen-bond acceptors (Lipinski definition) is 4. The third kappa shape index (κ3) is 4.37. The van der Waals surface area contributed by atoms with E-state index in [-0.39, 0.29) is 18.1 Å². The Bertz CT molecular complexity index is 328. The minimum absolute atomic E-state index is 0.0908. The maximum Gasteiger partial charge on any atom is 0.0500 e. The van der Waals surface area contributed by atoms with Crippen LogP contribution in [0.1, 0.15) is 31.9 Å². The second-order valence-electron chi connectivity index (χ2n) is 5.17. The van der Waals surface area contributed by atoms with Crippen LogP contribution in [-0.2, 0) is 4.74 Å².